The fourth-order valence-corrected chi connectivity index (χ4v) is 3.68. The van der Waals surface area contributed by atoms with Crippen molar-refractivity contribution in [1.82, 2.24) is 0 Å². The molecular formula is C17H20O6S. The van der Waals surface area contributed by atoms with Crippen molar-refractivity contribution in [3.05, 3.63) is 35.9 Å². The van der Waals surface area contributed by atoms with Crippen molar-refractivity contribution in [2.75, 3.05) is 6.61 Å². The third-order valence-electron chi connectivity index (χ3n) is 3.44. The van der Waals surface area contributed by atoms with Crippen molar-refractivity contribution in [2.24, 2.45) is 0 Å². The van der Waals surface area contributed by atoms with Gasteiger partial charge in [-0.2, -0.15) is 0 Å². The fraction of sp³-hybridized carbons (Fsp3) is 0.471. The minimum absolute atomic E-state index is 0.124. The van der Waals surface area contributed by atoms with Gasteiger partial charge in [0.15, 0.2) is 12.2 Å². The van der Waals surface area contributed by atoms with Gasteiger partial charge >= 0.3 is 17.9 Å². The molecule has 1 aliphatic heterocycles. The number of carbonyl (C=O) groups excluding carboxylic acids is 3. The van der Waals surface area contributed by atoms with E-state index in [4.69, 9.17) is 14.2 Å². The average molecular weight is 352 g/mol. The Morgan fingerprint density at radius 3 is 2.54 bits per heavy atom. The second kappa shape index (κ2) is 8.73. The van der Waals surface area contributed by atoms with Crippen LogP contribution in [-0.4, -0.2) is 42.0 Å². The molecule has 0 saturated carbocycles. The first-order valence-corrected chi connectivity index (χ1v) is 8.66. The second-order valence-corrected chi connectivity index (χ2v) is 6.67. The molecule has 130 valence electrons. The number of carbonyl (C=O) groups is 3. The molecule has 1 aromatic carbocycles. The van der Waals surface area contributed by atoms with Crippen LogP contribution in [0.25, 0.3) is 0 Å². The van der Waals surface area contributed by atoms with E-state index >= 15 is 0 Å². The molecule has 1 aliphatic rings. The molecular weight excluding hydrogens is 332 g/mol. The summed E-state index contributed by atoms with van der Waals surface area (Å²) in [5.74, 6) is -0.652. The van der Waals surface area contributed by atoms with Crippen LogP contribution in [0.2, 0.25) is 0 Å². The van der Waals surface area contributed by atoms with E-state index in [0.717, 1.165) is 5.56 Å². The smallest absolute Gasteiger partial charge is 0.307 e. The topological polar surface area (TPSA) is 78.9 Å². The summed E-state index contributed by atoms with van der Waals surface area (Å²) in [5.41, 5.74) is 1.11. The number of benzene rings is 1. The molecule has 0 N–H and O–H groups in total. The highest BCUT2D eigenvalue weighted by atomic mass is 32.2. The third-order valence-corrected chi connectivity index (χ3v) is 4.81. The Morgan fingerprint density at radius 2 is 1.92 bits per heavy atom. The van der Waals surface area contributed by atoms with Gasteiger partial charge in [0.2, 0.25) is 0 Å². The standard InChI is InChI=1S/C17H20O6S/c1-11(18)21-9-14-17(22-12(2)19)15(8-16(20)23-14)24-10-13-6-4-3-5-7-13/h3-7,14-15,17H,8-10H2,1-2H3/t14-,15+,17-/m1/s1. The molecule has 0 unspecified atom stereocenters. The van der Waals surface area contributed by atoms with Crippen LogP contribution in [0, 0.1) is 0 Å². The predicted molar refractivity (Wildman–Crippen MR) is 88.2 cm³/mol. The lowest BCUT2D eigenvalue weighted by Crippen LogP contribution is -2.49. The first-order valence-electron chi connectivity index (χ1n) is 7.61. The van der Waals surface area contributed by atoms with Gasteiger partial charge in [0.25, 0.3) is 0 Å². The first kappa shape index (κ1) is 18.3. The van der Waals surface area contributed by atoms with E-state index in [2.05, 4.69) is 0 Å². The molecule has 0 aliphatic carbocycles. The van der Waals surface area contributed by atoms with Crippen LogP contribution in [0.15, 0.2) is 30.3 Å². The van der Waals surface area contributed by atoms with Crippen molar-refractivity contribution >= 4 is 29.7 Å². The zero-order valence-corrected chi connectivity index (χ0v) is 14.4. The molecule has 0 bridgehead atoms. The van der Waals surface area contributed by atoms with Gasteiger partial charge in [-0.1, -0.05) is 30.3 Å². The van der Waals surface area contributed by atoms with E-state index in [9.17, 15) is 14.4 Å². The van der Waals surface area contributed by atoms with E-state index in [0.29, 0.717) is 5.75 Å². The number of ether oxygens (including phenoxy) is 3. The van der Waals surface area contributed by atoms with Gasteiger partial charge in [-0.15, -0.1) is 11.8 Å². The maximum atomic E-state index is 11.9. The molecule has 0 spiro atoms. The molecule has 6 nitrogen and oxygen atoms in total. The Bertz CT molecular complexity index is 588. The second-order valence-electron chi connectivity index (χ2n) is 5.44. The van der Waals surface area contributed by atoms with Crippen LogP contribution in [0.3, 0.4) is 0 Å². The first-order chi connectivity index (χ1) is 11.5. The monoisotopic (exact) mass is 352 g/mol. The van der Waals surface area contributed by atoms with Gasteiger partial charge in [-0.25, -0.2) is 0 Å². The highest BCUT2D eigenvalue weighted by Gasteiger charge is 2.42. The van der Waals surface area contributed by atoms with Gasteiger partial charge in [0, 0.05) is 19.6 Å². The van der Waals surface area contributed by atoms with Gasteiger partial charge in [-0.3, -0.25) is 14.4 Å². The van der Waals surface area contributed by atoms with E-state index < -0.39 is 24.1 Å². The third kappa shape index (κ3) is 5.56. The molecule has 0 aromatic heterocycles. The number of hydrogen-bond acceptors (Lipinski definition) is 7. The summed E-state index contributed by atoms with van der Waals surface area (Å²) in [5, 5.41) is -0.254. The number of thioether (sulfide) groups is 1. The summed E-state index contributed by atoms with van der Waals surface area (Å²) in [6, 6.07) is 9.80. The quantitative estimate of drug-likeness (QED) is 0.573. The van der Waals surface area contributed by atoms with E-state index in [-0.39, 0.29) is 24.2 Å². The molecule has 2 rings (SSSR count). The van der Waals surface area contributed by atoms with Crippen molar-refractivity contribution in [1.29, 1.82) is 0 Å². The molecule has 7 heteroatoms. The minimum atomic E-state index is -0.785. The summed E-state index contributed by atoms with van der Waals surface area (Å²) in [7, 11) is 0. The van der Waals surface area contributed by atoms with E-state index in [1.807, 2.05) is 30.3 Å². The Morgan fingerprint density at radius 1 is 1.21 bits per heavy atom. The SMILES string of the molecule is CC(=O)OC[C@H]1OC(=O)C[C@H](SCc2ccccc2)[C@@H]1OC(C)=O. The van der Waals surface area contributed by atoms with E-state index in [1.54, 1.807) is 0 Å². The Hall–Kier alpha value is -2.02. The number of cyclic esters (lactones) is 1. The van der Waals surface area contributed by atoms with Crippen molar-refractivity contribution < 1.29 is 28.6 Å². The van der Waals surface area contributed by atoms with E-state index in [1.165, 1.54) is 25.6 Å². The average Bonchev–Trinajstić information content (AvgIpc) is 2.53. The van der Waals surface area contributed by atoms with Gasteiger partial charge < -0.3 is 14.2 Å². The molecule has 1 fully saturated rings. The van der Waals surface area contributed by atoms with Crippen molar-refractivity contribution in [3.8, 4) is 0 Å². The van der Waals surface area contributed by atoms with Crippen LogP contribution >= 0.6 is 11.8 Å². The van der Waals surface area contributed by atoms with Gasteiger partial charge in [0.05, 0.1) is 11.7 Å². The lowest BCUT2D eigenvalue weighted by molar-refractivity contribution is -0.182. The molecule has 1 aromatic rings. The maximum absolute atomic E-state index is 11.9. The highest BCUT2D eigenvalue weighted by Crippen LogP contribution is 2.31. The molecule has 1 saturated heterocycles. The van der Waals surface area contributed by atoms with Crippen molar-refractivity contribution in [3.63, 3.8) is 0 Å². The number of hydrogen-bond donors (Lipinski definition) is 0. The van der Waals surface area contributed by atoms with Gasteiger partial charge in [-0.05, 0) is 5.56 Å². The molecule has 24 heavy (non-hydrogen) atoms. The van der Waals surface area contributed by atoms with Crippen LogP contribution in [0.5, 0.6) is 0 Å². The van der Waals surface area contributed by atoms with Gasteiger partial charge in [0.1, 0.15) is 6.61 Å². The molecule has 3 atom stereocenters. The molecule has 0 radical (unpaired) electrons. The summed E-state index contributed by atoms with van der Waals surface area (Å²) in [4.78, 5) is 34.3. The summed E-state index contributed by atoms with van der Waals surface area (Å²) in [6.45, 7) is 2.45. The van der Waals surface area contributed by atoms with Crippen molar-refractivity contribution in [2.45, 2.75) is 43.5 Å². The zero-order valence-electron chi connectivity index (χ0n) is 13.6. The maximum Gasteiger partial charge on any atom is 0.307 e. The fourth-order valence-electron chi connectivity index (χ4n) is 2.41. The molecule has 1 heterocycles. The number of esters is 3. The Kier molecular flexibility index (Phi) is 6.66. The summed E-state index contributed by atoms with van der Waals surface area (Å²) in [6.07, 6.45) is -1.29. The molecule has 0 amide bonds. The van der Waals surface area contributed by atoms with Crippen LogP contribution < -0.4 is 0 Å². The lowest BCUT2D eigenvalue weighted by Gasteiger charge is -2.35. The summed E-state index contributed by atoms with van der Waals surface area (Å²) < 4.78 is 15.5. The Labute approximate surface area is 144 Å². The number of rotatable bonds is 6. The Balaban J connectivity index is 2.07. The van der Waals surface area contributed by atoms with Crippen LogP contribution in [0.4, 0.5) is 0 Å². The van der Waals surface area contributed by atoms with Crippen LogP contribution in [-0.2, 0) is 34.3 Å². The largest absolute Gasteiger partial charge is 0.462 e. The minimum Gasteiger partial charge on any atom is -0.462 e. The normalized spacial score (nSPS) is 23.2. The lowest BCUT2D eigenvalue weighted by atomic mass is 10.0. The van der Waals surface area contributed by atoms with Crippen LogP contribution in [0.1, 0.15) is 25.8 Å². The zero-order chi connectivity index (χ0) is 17.5. The summed E-state index contributed by atoms with van der Waals surface area (Å²) >= 11 is 1.52. The highest BCUT2D eigenvalue weighted by molar-refractivity contribution is 7.99. The predicted octanol–water partition coefficient (Wildman–Crippen LogP) is 2.10.